The van der Waals surface area contributed by atoms with Crippen LogP contribution in [0.15, 0.2) is 29.1 Å². The van der Waals surface area contributed by atoms with Gasteiger partial charge in [0, 0.05) is 31.1 Å². The Morgan fingerprint density at radius 3 is 2.56 bits per heavy atom. The van der Waals surface area contributed by atoms with Crippen LogP contribution in [-0.4, -0.2) is 58.4 Å². The van der Waals surface area contributed by atoms with E-state index in [0.29, 0.717) is 37.4 Å². The van der Waals surface area contributed by atoms with E-state index >= 15 is 0 Å². The number of fused-ring (bicyclic) bond motifs is 1. The van der Waals surface area contributed by atoms with Crippen LogP contribution in [0.1, 0.15) is 34.8 Å². The van der Waals surface area contributed by atoms with Crippen LogP contribution in [-0.2, 0) is 11.0 Å². The summed E-state index contributed by atoms with van der Waals surface area (Å²) in [5.41, 5.74) is -0.283. The number of rotatable bonds is 5. The minimum atomic E-state index is -4.54. The molecule has 3 aromatic rings. The van der Waals surface area contributed by atoms with Crippen molar-refractivity contribution in [2.75, 3.05) is 38.0 Å². The highest BCUT2D eigenvalue weighted by atomic mass is 32.1. The van der Waals surface area contributed by atoms with E-state index in [9.17, 15) is 22.8 Å². The summed E-state index contributed by atoms with van der Waals surface area (Å²) in [5, 5.41) is 3.03. The van der Waals surface area contributed by atoms with E-state index in [2.05, 4.69) is 20.2 Å². The number of aromatic amines is 1. The number of halogens is 3. The number of piperazine rings is 1. The number of carbonyl (C=O) groups is 1. The molecule has 1 saturated heterocycles. The number of carbonyl (C=O) groups excluding carboxylic acids is 1. The Kier molecular flexibility index (Phi) is 6.79. The Morgan fingerprint density at radius 2 is 1.88 bits per heavy atom. The van der Waals surface area contributed by atoms with E-state index in [4.69, 9.17) is 0 Å². The van der Waals surface area contributed by atoms with Crippen LogP contribution in [0.2, 0.25) is 0 Å². The highest BCUT2D eigenvalue weighted by Crippen LogP contribution is 2.34. The lowest BCUT2D eigenvalue weighted by Crippen LogP contribution is -2.49. The molecule has 34 heavy (non-hydrogen) atoms. The third-order valence-electron chi connectivity index (χ3n) is 6.28. The fourth-order valence-electron chi connectivity index (χ4n) is 4.18. The Labute approximate surface area is 198 Å². The number of thiophene rings is 1. The maximum atomic E-state index is 13.2. The van der Waals surface area contributed by atoms with E-state index in [1.54, 1.807) is 0 Å². The van der Waals surface area contributed by atoms with Gasteiger partial charge in [-0.1, -0.05) is 12.1 Å². The van der Waals surface area contributed by atoms with Gasteiger partial charge < -0.3 is 10.3 Å². The number of aryl methyl sites for hydroxylation is 2. The highest BCUT2D eigenvalue weighted by Gasteiger charge is 2.34. The first-order chi connectivity index (χ1) is 16.0. The fourth-order valence-corrected chi connectivity index (χ4v) is 5.22. The lowest BCUT2D eigenvalue weighted by Gasteiger charge is -2.37. The number of amides is 1. The van der Waals surface area contributed by atoms with Gasteiger partial charge in [-0.2, -0.15) is 13.2 Å². The normalized spacial score (nSPS) is 16.6. The topological polar surface area (TPSA) is 81.3 Å². The molecule has 0 spiro atoms. The molecule has 1 atom stereocenters. The van der Waals surface area contributed by atoms with Crippen molar-refractivity contribution in [1.82, 2.24) is 19.8 Å². The number of anilines is 1. The number of benzene rings is 1. The highest BCUT2D eigenvalue weighted by molar-refractivity contribution is 7.18. The van der Waals surface area contributed by atoms with Crippen molar-refractivity contribution < 1.29 is 18.0 Å². The average Bonchev–Trinajstić information content (AvgIpc) is 3.07. The Morgan fingerprint density at radius 1 is 1.21 bits per heavy atom. The molecule has 182 valence electrons. The number of nitrogens with zero attached hydrogens (tertiary/aromatic N) is 3. The van der Waals surface area contributed by atoms with Crippen molar-refractivity contribution in [3.05, 3.63) is 56.4 Å². The molecule has 7 nitrogen and oxygen atoms in total. The van der Waals surface area contributed by atoms with Crippen LogP contribution in [0.4, 0.5) is 18.9 Å². The Bertz CT molecular complexity index is 1260. The van der Waals surface area contributed by atoms with Crippen LogP contribution < -0.4 is 10.9 Å². The maximum Gasteiger partial charge on any atom is 0.418 e. The summed E-state index contributed by atoms with van der Waals surface area (Å²) >= 11 is 1.51. The largest absolute Gasteiger partial charge is 0.418 e. The summed E-state index contributed by atoms with van der Waals surface area (Å²) < 4.78 is 39.5. The summed E-state index contributed by atoms with van der Waals surface area (Å²) in [6.07, 6.45) is -4.54. The molecule has 1 aliphatic heterocycles. The lowest BCUT2D eigenvalue weighted by atomic mass is 10.1. The van der Waals surface area contributed by atoms with E-state index in [1.807, 2.05) is 25.7 Å². The number of H-pyrrole nitrogens is 1. The third-order valence-corrected chi connectivity index (χ3v) is 7.38. The molecule has 1 fully saturated rings. The van der Waals surface area contributed by atoms with E-state index in [-0.39, 0.29) is 23.8 Å². The zero-order valence-corrected chi connectivity index (χ0v) is 19.9. The van der Waals surface area contributed by atoms with Gasteiger partial charge in [-0.3, -0.25) is 19.4 Å². The average molecular weight is 494 g/mol. The van der Waals surface area contributed by atoms with Crippen LogP contribution >= 0.6 is 11.3 Å². The molecule has 11 heteroatoms. The summed E-state index contributed by atoms with van der Waals surface area (Å²) in [6.45, 7) is 8.30. The third kappa shape index (κ3) is 5.01. The number of hydrogen-bond acceptors (Lipinski definition) is 6. The van der Waals surface area contributed by atoms with Crippen molar-refractivity contribution in [3.8, 4) is 0 Å². The van der Waals surface area contributed by atoms with Crippen molar-refractivity contribution in [3.63, 3.8) is 0 Å². The molecular weight excluding hydrogens is 467 g/mol. The van der Waals surface area contributed by atoms with E-state index < -0.39 is 17.6 Å². The Balaban J connectivity index is 1.36. The molecule has 1 aromatic carbocycles. The predicted molar refractivity (Wildman–Crippen MR) is 126 cm³/mol. The molecule has 2 N–H and O–H groups in total. The van der Waals surface area contributed by atoms with Gasteiger partial charge in [-0.25, -0.2) is 4.98 Å². The van der Waals surface area contributed by atoms with Crippen LogP contribution in [0.25, 0.3) is 10.2 Å². The minimum absolute atomic E-state index is 0.00318. The molecule has 1 unspecified atom stereocenters. The number of para-hydroxylation sites is 1. The van der Waals surface area contributed by atoms with Crippen LogP contribution in [0.5, 0.6) is 0 Å². The van der Waals surface area contributed by atoms with Gasteiger partial charge in [0.1, 0.15) is 10.7 Å². The summed E-state index contributed by atoms with van der Waals surface area (Å²) in [5.74, 6) is 0.117. The predicted octanol–water partition coefficient (Wildman–Crippen LogP) is 3.94. The Hall–Kier alpha value is -2.76. The maximum absolute atomic E-state index is 13.2. The van der Waals surface area contributed by atoms with Gasteiger partial charge in [0.15, 0.2) is 0 Å². The fraction of sp³-hybridized carbons (Fsp3) is 0.435. The SMILES string of the molecule is Cc1sc2nc(C(C)N3CCN(CC(=O)Nc4ccccc4C(F)(F)F)CC3)[nH]c(=O)c2c1C. The number of alkyl halides is 3. The van der Waals surface area contributed by atoms with Gasteiger partial charge in [0.05, 0.1) is 29.2 Å². The monoisotopic (exact) mass is 493 g/mol. The van der Waals surface area contributed by atoms with Crippen molar-refractivity contribution in [1.29, 1.82) is 0 Å². The van der Waals surface area contributed by atoms with Gasteiger partial charge in [0.2, 0.25) is 5.91 Å². The first-order valence-electron chi connectivity index (χ1n) is 11.0. The summed E-state index contributed by atoms with van der Waals surface area (Å²) in [6, 6.07) is 4.83. The number of hydrogen-bond donors (Lipinski definition) is 2. The minimum Gasteiger partial charge on any atom is -0.324 e. The van der Waals surface area contributed by atoms with E-state index in [1.165, 1.54) is 29.5 Å². The van der Waals surface area contributed by atoms with Crippen LogP contribution in [0, 0.1) is 13.8 Å². The molecule has 3 heterocycles. The van der Waals surface area contributed by atoms with Crippen molar-refractivity contribution in [2.45, 2.75) is 33.0 Å². The molecule has 1 amide bonds. The smallest absolute Gasteiger partial charge is 0.324 e. The second kappa shape index (κ2) is 9.47. The first kappa shape index (κ1) is 24.4. The second-order valence-corrected chi connectivity index (χ2v) is 9.70. The van der Waals surface area contributed by atoms with Gasteiger partial charge in [-0.15, -0.1) is 11.3 Å². The molecule has 0 bridgehead atoms. The van der Waals surface area contributed by atoms with Gasteiger partial charge in [0.25, 0.3) is 5.56 Å². The van der Waals surface area contributed by atoms with Gasteiger partial charge >= 0.3 is 6.18 Å². The molecule has 0 aliphatic carbocycles. The number of nitrogens with one attached hydrogen (secondary N) is 2. The summed E-state index contributed by atoms with van der Waals surface area (Å²) in [4.78, 5) is 38.5. The van der Waals surface area contributed by atoms with Gasteiger partial charge in [-0.05, 0) is 38.5 Å². The molecule has 4 rings (SSSR count). The van der Waals surface area contributed by atoms with Crippen molar-refractivity contribution >= 4 is 33.1 Å². The molecule has 2 aromatic heterocycles. The molecular formula is C23H26F3N5O2S. The first-order valence-corrected chi connectivity index (χ1v) is 11.8. The number of aromatic nitrogens is 2. The molecule has 0 saturated carbocycles. The zero-order chi connectivity index (χ0) is 24.6. The molecule has 1 aliphatic rings. The van der Waals surface area contributed by atoms with Crippen molar-refractivity contribution in [2.24, 2.45) is 0 Å². The van der Waals surface area contributed by atoms with E-state index in [0.717, 1.165) is 21.3 Å². The standard InChI is InChI=1S/C23H26F3N5O2S/c1-13-15(3)34-22-19(13)21(33)28-20(29-22)14(2)31-10-8-30(9-11-31)12-18(32)27-17-7-5-4-6-16(17)23(24,25)26/h4-7,14H,8-12H2,1-3H3,(H,27,32)(H,28,29,33). The van der Waals surface area contributed by atoms with Crippen LogP contribution in [0.3, 0.4) is 0 Å². The molecule has 0 radical (unpaired) electrons. The zero-order valence-electron chi connectivity index (χ0n) is 19.1. The second-order valence-electron chi connectivity index (χ2n) is 8.49. The lowest BCUT2D eigenvalue weighted by molar-refractivity contribution is -0.137. The quantitative estimate of drug-likeness (QED) is 0.563. The summed E-state index contributed by atoms with van der Waals surface area (Å²) in [7, 11) is 0.